The molecular weight excluding hydrogens is 105 g/mol. The minimum absolute atomic E-state index is 0. The fraction of sp³-hybridized carbons (Fsp3) is 1.00. The van der Waals surface area contributed by atoms with Crippen LogP contribution in [0, 0.1) is 0 Å². The average Bonchev–Trinajstić information content (AvgIpc) is 1.65. The van der Waals surface area contributed by atoms with Gasteiger partial charge in [0.05, 0.1) is 0 Å². The van der Waals surface area contributed by atoms with E-state index in [1.54, 1.807) is 0 Å². The Morgan fingerprint density at radius 3 is 1.11 bits per heavy atom. The Balaban J connectivity index is -0.0000000417. The minimum Gasteiger partial charge on any atom is -0.855 e. The molecule has 0 saturated carbocycles. The van der Waals surface area contributed by atoms with E-state index < -0.39 is 19.3 Å². The molecule has 0 aromatic rings. The molecule has 9 heavy (non-hydrogen) atoms. The van der Waals surface area contributed by atoms with E-state index in [0.717, 1.165) is 0 Å². The molecule has 0 saturated heterocycles. The van der Waals surface area contributed by atoms with E-state index in [1.807, 2.05) is 0 Å². The SMILES string of the molecule is [Li+].[Li+].[Li+].[O-]CC([O-])C[O-]. The van der Waals surface area contributed by atoms with Crippen molar-refractivity contribution in [1.82, 2.24) is 0 Å². The van der Waals surface area contributed by atoms with Gasteiger partial charge in [-0.15, -0.1) is 0 Å². The van der Waals surface area contributed by atoms with Crippen LogP contribution in [0.15, 0.2) is 0 Å². The normalized spacial score (nSPS) is 6.67. The molecule has 38 valence electrons. The first-order chi connectivity index (χ1) is 2.81. The Morgan fingerprint density at radius 1 is 0.889 bits per heavy atom. The third-order valence-electron chi connectivity index (χ3n) is 0.372. The van der Waals surface area contributed by atoms with Gasteiger partial charge in [-0.2, -0.15) is 19.3 Å². The van der Waals surface area contributed by atoms with E-state index in [4.69, 9.17) is 0 Å². The van der Waals surface area contributed by atoms with Gasteiger partial charge >= 0.3 is 56.6 Å². The molecule has 3 nitrogen and oxygen atoms in total. The summed E-state index contributed by atoms with van der Waals surface area (Å²) < 4.78 is 0. The van der Waals surface area contributed by atoms with E-state index in [-0.39, 0.29) is 56.6 Å². The molecule has 0 rings (SSSR count). The Morgan fingerprint density at radius 2 is 1.11 bits per heavy atom. The summed E-state index contributed by atoms with van der Waals surface area (Å²) in [5.41, 5.74) is 0. The van der Waals surface area contributed by atoms with Crippen molar-refractivity contribution in [3.63, 3.8) is 0 Å². The molecule has 0 unspecified atom stereocenters. The van der Waals surface area contributed by atoms with Gasteiger partial charge in [-0.3, -0.25) is 0 Å². The van der Waals surface area contributed by atoms with Crippen LogP contribution in [0.4, 0.5) is 0 Å². The third-order valence-corrected chi connectivity index (χ3v) is 0.372. The quantitative estimate of drug-likeness (QED) is 0.331. The first-order valence-electron chi connectivity index (χ1n) is 1.63. The second kappa shape index (κ2) is 16.3. The van der Waals surface area contributed by atoms with Gasteiger partial charge in [-0.1, -0.05) is 0 Å². The predicted octanol–water partition coefficient (Wildman–Crippen LogP) is -12.6. The van der Waals surface area contributed by atoms with Crippen LogP contribution < -0.4 is 71.9 Å². The summed E-state index contributed by atoms with van der Waals surface area (Å²) in [6, 6.07) is 0. The van der Waals surface area contributed by atoms with Crippen molar-refractivity contribution in [3.05, 3.63) is 0 Å². The number of hydrogen-bond donors (Lipinski definition) is 0. The van der Waals surface area contributed by atoms with E-state index >= 15 is 0 Å². The van der Waals surface area contributed by atoms with Crippen LogP contribution in [0.1, 0.15) is 0 Å². The smallest absolute Gasteiger partial charge is 0.855 e. The molecule has 0 aliphatic rings. The molecule has 0 fully saturated rings. The second-order valence-electron chi connectivity index (χ2n) is 0.955. The maximum absolute atomic E-state index is 9.64. The van der Waals surface area contributed by atoms with Crippen molar-refractivity contribution < 1.29 is 71.9 Å². The summed E-state index contributed by atoms with van der Waals surface area (Å²) in [6.07, 6.45) is -1.43. The molecule has 0 aromatic carbocycles. The zero-order chi connectivity index (χ0) is 4.99. The van der Waals surface area contributed by atoms with Gasteiger partial charge in [-0.25, -0.2) is 0 Å². The summed E-state index contributed by atoms with van der Waals surface area (Å²) in [4.78, 5) is 0. The van der Waals surface area contributed by atoms with Crippen LogP contribution in [-0.4, -0.2) is 19.3 Å². The van der Waals surface area contributed by atoms with E-state index in [9.17, 15) is 15.3 Å². The van der Waals surface area contributed by atoms with Gasteiger partial charge in [0.2, 0.25) is 0 Å². The number of hydrogen-bond acceptors (Lipinski definition) is 3. The topological polar surface area (TPSA) is 69.2 Å². The first-order valence-corrected chi connectivity index (χ1v) is 1.63. The largest absolute Gasteiger partial charge is 1.00 e. The summed E-state index contributed by atoms with van der Waals surface area (Å²) in [7, 11) is 0. The van der Waals surface area contributed by atoms with Gasteiger partial charge in [0.1, 0.15) is 0 Å². The zero-order valence-electron chi connectivity index (χ0n) is 6.22. The molecule has 0 amide bonds. The predicted molar refractivity (Wildman–Crippen MR) is 13.5 cm³/mol. The molecule has 0 N–H and O–H groups in total. The van der Waals surface area contributed by atoms with Crippen LogP contribution in [0.25, 0.3) is 0 Å². The molecular formula is C3H5Li3O3. The van der Waals surface area contributed by atoms with Crippen molar-refractivity contribution in [3.8, 4) is 0 Å². The monoisotopic (exact) mass is 110 g/mol. The van der Waals surface area contributed by atoms with E-state index in [1.165, 1.54) is 0 Å². The Bertz CT molecular complexity index is 33.5. The Labute approximate surface area is 90.7 Å². The van der Waals surface area contributed by atoms with Crippen LogP contribution in [0.3, 0.4) is 0 Å². The van der Waals surface area contributed by atoms with Crippen molar-refractivity contribution in [2.45, 2.75) is 6.10 Å². The minimum atomic E-state index is -1.43. The van der Waals surface area contributed by atoms with Gasteiger partial charge < -0.3 is 15.3 Å². The Kier molecular flexibility index (Phi) is 40.7. The van der Waals surface area contributed by atoms with Crippen molar-refractivity contribution >= 4 is 0 Å². The molecule has 0 atom stereocenters. The maximum Gasteiger partial charge on any atom is 1.00 e. The van der Waals surface area contributed by atoms with Crippen molar-refractivity contribution in [2.75, 3.05) is 13.2 Å². The molecule has 0 aliphatic heterocycles. The van der Waals surface area contributed by atoms with E-state index in [0.29, 0.717) is 0 Å². The maximum atomic E-state index is 9.64. The molecule has 0 bridgehead atoms. The van der Waals surface area contributed by atoms with Crippen LogP contribution in [0.5, 0.6) is 0 Å². The van der Waals surface area contributed by atoms with Crippen molar-refractivity contribution in [1.29, 1.82) is 0 Å². The van der Waals surface area contributed by atoms with E-state index in [2.05, 4.69) is 0 Å². The van der Waals surface area contributed by atoms with Crippen molar-refractivity contribution in [2.24, 2.45) is 0 Å². The van der Waals surface area contributed by atoms with Crippen LogP contribution in [-0.2, 0) is 0 Å². The molecule has 0 aliphatic carbocycles. The summed E-state index contributed by atoms with van der Waals surface area (Å²) in [5.74, 6) is 0. The fourth-order valence-electron chi connectivity index (χ4n) is 0.0481. The Hall–Kier alpha value is 1.67. The molecule has 0 heterocycles. The first kappa shape index (κ1) is 22.4. The molecule has 0 radical (unpaired) electrons. The molecule has 6 heteroatoms. The molecule has 0 aromatic heterocycles. The fourth-order valence-corrected chi connectivity index (χ4v) is 0.0481. The van der Waals surface area contributed by atoms with Crippen LogP contribution >= 0.6 is 0 Å². The van der Waals surface area contributed by atoms with Gasteiger partial charge in [0, 0.05) is 0 Å². The summed E-state index contributed by atoms with van der Waals surface area (Å²) in [5, 5.41) is 28.3. The second-order valence-corrected chi connectivity index (χ2v) is 0.955. The number of rotatable bonds is 2. The summed E-state index contributed by atoms with van der Waals surface area (Å²) >= 11 is 0. The average molecular weight is 110 g/mol. The standard InChI is InChI=1S/C3H5O3.3Li/c4-1-3(6)2-5;;;/h3H,1-2H2;;;/q-3;3*+1. The zero-order valence-corrected chi connectivity index (χ0v) is 6.22. The van der Waals surface area contributed by atoms with Gasteiger partial charge in [0.25, 0.3) is 0 Å². The van der Waals surface area contributed by atoms with Gasteiger partial charge in [-0.05, 0) is 0 Å². The summed E-state index contributed by atoms with van der Waals surface area (Å²) in [6.45, 7) is -1.58. The third kappa shape index (κ3) is 17.7. The van der Waals surface area contributed by atoms with Gasteiger partial charge in [0.15, 0.2) is 0 Å². The van der Waals surface area contributed by atoms with Crippen LogP contribution in [0.2, 0.25) is 0 Å². The molecule has 0 spiro atoms.